The maximum Gasteiger partial charge on any atom is 0.136 e. The highest BCUT2D eigenvalue weighted by Gasteiger charge is 2.30. The smallest absolute Gasteiger partial charge is 0.136 e. The number of fused-ring (bicyclic) bond motifs is 2. The maximum atomic E-state index is 9.56. The van der Waals surface area contributed by atoms with Crippen LogP contribution in [-0.2, 0) is 13.0 Å². The van der Waals surface area contributed by atoms with Crippen molar-refractivity contribution in [2.24, 2.45) is 0 Å². The van der Waals surface area contributed by atoms with Gasteiger partial charge in [0.2, 0.25) is 0 Å². The van der Waals surface area contributed by atoms with Crippen molar-refractivity contribution in [2.45, 2.75) is 26.1 Å². The molecular formula is C16H17N3O2. The molecule has 0 radical (unpaired) electrons. The monoisotopic (exact) mass is 283 g/mol. The van der Waals surface area contributed by atoms with Crippen molar-refractivity contribution in [1.29, 1.82) is 0 Å². The Labute approximate surface area is 123 Å². The predicted molar refractivity (Wildman–Crippen MR) is 78.6 cm³/mol. The SMILES string of the molecule is Cc1nc2c(c(N3CC(O)C3)n1)Cc1ccccc1OC2. The second-order valence-corrected chi connectivity index (χ2v) is 5.65. The second-order valence-electron chi connectivity index (χ2n) is 5.65. The van der Waals surface area contributed by atoms with Crippen LogP contribution in [0.4, 0.5) is 5.82 Å². The lowest BCUT2D eigenvalue weighted by molar-refractivity contribution is 0.141. The Balaban J connectivity index is 1.80. The lowest BCUT2D eigenvalue weighted by atomic mass is 10.0. The van der Waals surface area contributed by atoms with E-state index in [1.54, 1.807) is 0 Å². The zero-order valence-electron chi connectivity index (χ0n) is 11.9. The summed E-state index contributed by atoms with van der Waals surface area (Å²) in [6.07, 6.45) is 0.526. The topological polar surface area (TPSA) is 58.5 Å². The predicted octanol–water partition coefficient (Wildman–Crippen LogP) is 1.45. The molecule has 2 aromatic rings. The molecule has 1 fully saturated rings. The number of aliphatic hydroxyl groups excluding tert-OH is 1. The second kappa shape index (κ2) is 4.70. The lowest BCUT2D eigenvalue weighted by Crippen LogP contribution is -2.51. The van der Waals surface area contributed by atoms with Crippen LogP contribution in [0.25, 0.3) is 0 Å². The van der Waals surface area contributed by atoms with E-state index in [1.807, 2.05) is 25.1 Å². The first-order chi connectivity index (χ1) is 10.2. The van der Waals surface area contributed by atoms with E-state index in [1.165, 1.54) is 0 Å². The number of rotatable bonds is 1. The Morgan fingerprint density at radius 3 is 2.86 bits per heavy atom. The van der Waals surface area contributed by atoms with Crippen molar-refractivity contribution >= 4 is 5.82 Å². The molecular weight excluding hydrogens is 266 g/mol. The summed E-state index contributed by atoms with van der Waals surface area (Å²) in [5, 5.41) is 9.56. The first kappa shape index (κ1) is 12.6. The van der Waals surface area contributed by atoms with Gasteiger partial charge in [-0.05, 0) is 18.6 Å². The average Bonchev–Trinajstić information content (AvgIpc) is 2.63. The summed E-state index contributed by atoms with van der Waals surface area (Å²) in [6, 6.07) is 8.08. The molecule has 5 heteroatoms. The van der Waals surface area contributed by atoms with Crippen LogP contribution in [0.3, 0.4) is 0 Å². The van der Waals surface area contributed by atoms with Gasteiger partial charge in [0.15, 0.2) is 0 Å². The number of nitrogens with zero attached hydrogens (tertiary/aromatic N) is 3. The van der Waals surface area contributed by atoms with Gasteiger partial charge in [-0.15, -0.1) is 0 Å². The highest BCUT2D eigenvalue weighted by Crippen LogP contribution is 2.33. The van der Waals surface area contributed by atoms with Gasteiger partial charge in [-0.1, -0.05) is 18.2 Å². The molecule has 1 saturated heterocycles. The van der Waals surface area contributed by atoms with Gasteiger partial charge in [-0.2, -0.15) is 0 Å². The minimum Gasteiger partial charge on any atom is -0.487 e. The van der Waals surface area contributed by atoms with Gasteiger partial charge >= 0.3 is 0 Å². The fourth-order valence-corrected chi connectivity index (χ4v) is 2.96. The molecule has 2 aliphatic heterocycles. The number of benzene rings is 1. The van der Waals surface area contributed by atoms with Crippen LogP contribution in [0.1, 0.15) is 22.6 Å². The third kappa shape index (κ3) is 2.14. The average molecular weight is 283 g/mol. The molecule has 0 bridgehead atoms. The van der Waals surface area contributed by atoms with Crippen molar-refractivity contribution in [3.63, 3.8) is 0 Å². The fraction of sp³-hybridized carbons (Fsp3) is 0.375. The molecule has 0 amide bonds. The molecule has 108 valence electrons. The summed E-state index contributed by atoms with van der Waals surface area (Å²) in [5.41, 5.74) is 3.23. The Bertz CT molecular complexity index is 696. The summed E-state index contributed by atoms with van der Waals surface area (Å²) in [7, 11) is 0. The molecule has 1 aromatic carbocycles. The first-order valence-corrected chi connectivity index (χ1v) is 7.21. The largest absolute Gasteiger partial charge is 0.487 e. The van der Waals surface area contributed by atoms with Gasteiger partial charge in [-0.3, -0.25) is 0 Å². The minimum absolute atomic E-state index is 0.245. The Morgan fingerprint density at radius 2 is 2.05 bits per heavy atom. The number of aromatic nitrogens is 2. The van der Waals surface area contributed by atoms with Crippen LogP contribution in [-0.4, -0.2) is 34.3 Å². The number of hydrogen-bond donors (Lipinski definition) is 1. The van der Waals surface area contributed by atoms with Crippen molar-refractivity contribution in [2.75, 3.05) is 18.0 Å². The van der Waals surface area contributed by atoms with E-state index in [0.717, 1.165) is 40.6 Å². The molecule has 3 heterocycles. The highest BCUT2D eigenvalue weighted by molar-refractivity contribution is 5.55. The summed E-state index contributed by atoms with van der Waals surface area (Å²) >= 11 is 0. The van der Waals surface area contributed by atoms with Crippen LogP contribution in [0.15, 0.2) is 24.3 Å². The molecule has 0 unspecified atom stereocenters. The van der Waals surface area contributed by atoms with Crippen molar-refractivity contribution in [3.8, 4) is 5.75 Å². The molecule has 0 spiro atoms. The van der Waals surface area contributed by atoms with Gasteiger partial charge < -0.3 is 14.7 Å². The number of para-hydroxylation sites is 1. The number of β-amino-alcohol motifs (C(OH)–C–C–N with tert-alkyl or cyclic N) is 1. The number of hydrogen-bond acceptors (Lipinski definition) is 5. The third-order valence-corrected chi connectivity index (χ3v) is 4.05. The minimum atomic E-state index is -0.245. The fourth-order valence-electron chi connectivity index (χ4n) is 2.96. The van der Waals surface area contributed by atoms with Crippen LogP contribution >= 0.6 is 0 Å². The molecule has 2 aliphatic rings. The highest BCUT2D eigenvalue weighted by atomic mass is 16.5. The van der Waals surface area contributed by atoms with E-state index in [4.69, 9.17) is 4.74 Å². The zero-order chi connectivity index (χ0) is 14.4. The molecule has 1 aromatic heterocycles. The summed E-state index contributed by atoms with van der Waals surface area (Å²) in [5.74, 6) is 2.62. The van der Waals surface area contributed by atoms with E-state index in [-0.39, 0.29) is 6.10 Å². The molecule has 0 aliphatic carbocycles. The van der Waals surface area contributed by atoms with Gasteiger partial charge in [-0.25, -0.2) is 9.97 Å². The molecule has 0 atom stereocenters. The van der Waals surface area contributed by atoms with E-state index < -0.39 is 0 Å². The molecule has 21 heavy (non-hydrogen) atoms. The number of anilines is 1. The van der Waals surface area contributed by atoms with Crippen LogP contribution in [0, 0.1) is 6.92 Å². The molecule has 5 nitrogen and oxygen atoms in total. The summed E-state index contributed by atoms with van der Waals surface area (Å²) in [4.78, 5) is 11.3. The quantitative estimate of drug-likeness (QED) is 0.858. The molecule has 4 rings (SSSR count). The van der Waals surface area contributed by atoms with Crippen LogP contribution < -0.4 is 9.64 Å². The first-order valence-electron chi connectivity index (χ1n) is 7.21. The van der Waals surface area contributed by atoms with Crippen molar-refractivity contribution in [1.82, 2.24) is 9.97 Å². The van der Waals surface area contributed by atoms with Gasteiger partial charge in [0.1, 0.15) is 24.0 Å². The molecule has 1 N–H and O–H groups in total. The van der Waals surface area contributed by atoms with Crippen molar-refractivity contribution in [3.05, 3.63) is 46.9 Å². The Hall–Kier alpha value is -2.14. The number of aryl methyl sites for hydroxylation is 1. The normalized spacial score (nSPS) is 17.3. The summed E-state index contributed by atoms with van der Waals surface area (Å²) < 4.78 is 5.88. The van der Waals surface area contributed by atoms with E-state index in [0.29, 0.717) is 19.7 Å². The summed E-state index contributed by atoms with van der Waals surface area (Å²) in [6.45, 7) is 3.66. The van der Waals surface area contributed by atoms with E-state index in [2.05, 4.69) is 20.9 Å². The van der Waals surface area contributed by atoms with Crippen molar-refractivity contribution < 1.29 is 9.84 Å². The lowest BCUT2D eigenvalue weighted by Gasteiger charge is -2.38. The van der Waals surface area contributed by atoms with Crippen LogP contribution in [0.5, 0.6) is 5.75 Å². The zero-order valence-corrected chi connectivity index (χ0v) is 11.9. The maximum absolute atomic E-state index is 9.56. The standard InChI is InChI=1S/C16H17N3O2/c1-10-17-14-9-21-15-5-3-2-4-11(15)6-13(14)16(18-10)19-7-12(20)8-19/h2-5,12,20H,6-9H2,1H3. The van der Waals surface area contributed by atoms with Gasteiger partial charge in [0, 0.05) is 25.1 Å². The molecule has 0 saturated carbocycles. The third-order valence-electron chi connectivity index (χ3n) is 4.05. The number of aliphatic hydroxyl groups is 1. The van der Waals surface area contributed by atoms with Gasteiger partial charge in [0.25, 0.3) is 0 Å². The van der Waals surface area contributed by atoms with E-state index in [9.17, 15) is 5.11 Å². The van der Waals surface area contributed by atoms with E-state index >= 15 is 0 Å². The van der Waals surface area contributed by atoms with Crippen LogP contribution in [0.2, 0.25) is 0 Å². The Morgan fingerprint density at radius 1 is 1.24 bits per heavy atom. The number of ether oxygens (including phenoxy) is 1. The van der Waals surface area contributed by atoms with Gasteiger partial charge in [0.05, 0.1) is 11.8 Å². The Kier molecular flexibility index (Phi) is 2.82.